The maximum atomic E-state index is 11.1. The Kier molecular flexibility index (Phi) is 16.5. The second-order valence-electron chi connectivity index (χ2n) is 7.99. The van der Waals surface area contributed by atoms with Crippen molar-refractivity contribution in [3.05, 3.63) is 53.9 Å². The number of carbonyl (C=O) groups is 3. The van der Waals surface area contributed by atoms with Gasteiger partial charge in [-0.15, -0.1) is 0 Å². The molecule has 0 fully saturated rings. The molecule has 0 saturated heterocycles. The predicted octanol–water partition coefficient (Wildman–Crippen LogP) is 4.53. The molecule has 0 atom stereocenters. The molecule has 37 heavy (non-hydrogen) atoms. The average Bonchev–Trinajstić information content (AvgIpc) is 3.64. The summed E-state index contributed by atoms with van der Waals surface area (Å²) < 4.78 is 17.6. The van der Waals surface area contributed by atoms with Crippen LogP contribution >= 0.6 is 22.6 Å². The summed E-state index contributed by atoms with van der Waals surface area (Å²) in [6.45, 7) is 12.2. The highest BCUT2D eigenvalue weighted by molar-refractivity contribution is 14.1. The van der Waals surface area contributed by atoms with E-state index in [1.807, 2.05) is 27.7 Å². The van der Waals surface area contributed by atoms with Crippen LogP contribution in [-0.2, 0) is 14.2 Å². The molecule has 0 aliphatic carbocycles. The lowest BCUT2D eigenvalue weighted by Gasteiger charge is -2.08. The predicted molar refractivity (Wildman–Crippen MR) is 147 cm³/mol. The minimum absolute atomic E-state index is 0.175. The maximum Gasteiger partial charge on any atom is 0.358 e. The quantitative estimate of drug-likeness (QED) is 0.186. The first-order valence-corrected chi connectivity index (χ1v) is 12.6. The molecule has 0 amide bonds. The third kappa shape index (κ3) is 13.0. The van der Waals surface area contributed by atoms with Gasteiger partial charge in [0.15, 0.2) is 5.69 Å². The number of ether oxygens (including phenoxy) is 3. The minimum Gasteiger partial charge on any atom is -0.464 e. The highest BCUT2D eigenvalue weighted by Crippen LogP contribution is 2.08. The zero-order valence-electron chi connectivity index (χ0n) is 22.8. The van der Waals surface area contributed by atoms with Gasteiger partial charge >= 0.3 is 17.9 Å². The van der Waals surface area contributed by atoms with Gasteiger partial charge in [0.1, 0.15) is 11.4 Å². The Morgan fingerprint density at radius 3 is 1.81 bits per heavy atom. The number of esters is 3. The fourth-order valence-electron chi connectivity index (χ4n) is 2.31. The number of H-pyrrole nitrogens is 1. The third-order valence-corrected chi connectivity index (χ3v) is 3.99. The van der Waals surface area contributed by atoms with E-state index in [0.29, 0.717) is 17.1 Å². The standard InChI is InChI=1S/2C8H12N2O2.C5H6N2O2.C3H7I/c1-6(2)10-5-4-7(9-10)8(11)12-3;1-6(2)10-7(4-5-9-10)8(11)12-3;1-9-5(8)4-2-3-6-7-4;1-3(2)4/h2*4-6H,1-3H3;2-3H,1H3,(H,6,7);3H,1-2H3. The van der Waals surface area contributed by atoms with E-state index < -0.39 is 11.9 Å². The molecule has 3 aromatic heterocycles. The van der Waals surface area contributed by atoms with Gasteiger partial charge in [-0.2, -0.15) is 15.3 Å². The highest BCUT2D eigenvalue weighted by atomic mass is 127. The van der Waals surface area contributed by atoms with Crippen LogP contribution in [0.5, 0.6) is 0 Å². The molecule has 3 aromatic rings. The molecular formula is C24H37IN6O6. The van der Waals surface area contributed by atoms with Crippen LogP contribution in [0.2, 0.25) is 0 Å². The summed E-state index contributed by atoms with van der Waals surface area (Å²) in [4.78, 5) is 32.6. The van der Waals surface area contributed by atoms with E-state index in [1.165, 1.54) is 27.5 Å². The molecule has 0 spiro atoms. The van der Waals surface area contributed by atoms with Gasteiger partial charge in [-0.1, -0.05) is 36.4 Å². The Morgan fingerprint density at radius 2 is 1.41 bits per heavy atom. The number of rotatable bonds is 5. The fraction of sp³-hybridized carbons (Fsp3) is 0.500. The zero-order valence-corrected chi connectivity index (χ0v) is 24.9. The van der Waals surface area contributed by atoms with Crippen LogP contribution in [-0.4, -0.2) is 72.9 Å². The van der Waals surface area contributed by atoms with Crippen molar-refractivity contribution in [1.29, 1.82) is 0 Å². The Balaban J connectivity index is 0.000000494. The van der Waals surface area contributed by atoms with E-state index in [2.05, 4.69) is 71.0 Å². The molecule has 13 heteroatoms. The van der Waals surface area contributed by atoms with Gasteiger partial charge in [0.2, 0.25) is 0 Å². The second kappa shape index (κ2) is 18.1. The van der Waals surface area contributed by atoms with E-state index in [1.54, 1.807) is 40.0 Å². The number of nitrogens with one attached hydrogen (secondary N) is 1. The molecule has 0 aliphatic rings. The first kappa shape index (κ1) is 33.8. The monoisotopic (exact) mass is 632 g/mol. The lowest BCUT2D eigenvalue weighted by molar-refractivity contribution is 0.0578. The summed E-state index contributed by atoms with van der Waals surface area (Å²) >= 11 is 2.34. The summed E-state index contributed by atoms with van der Waals surface area (Å²) in [7, 11) is 4.03. The summed E-state index contributed by atoms with van der Waals surface area (Å²) in [5, 5.41) is 14.1. The van der Waals surface area contributed by atoms with Crippen LogP contribution in [0.3, 0.4) is 0 Å². The van der Waals surface area contributed by atoms with Gasteiger partial charge in [0, 0.05) is 34.6 Å². The van der Waals surface area contributed by atoms with Crippen LogP contribution in [0, 0.1) is 0 Å². The van der Waals surface area contributed by atoms with Crippen LogP contribution in [0.25, 0.3) is 0 Å². The van der Waals surface area contributed by atoms with Crippen LogP contribution in [0.15, 0.2) is 36.8 Å². The van der Waals surface area contributed by atoms with E-state index in [0.717, 1.165) is 3.92 Å². The molecule has 1 N–H and O–H groups in total. The molecule has 206 valence electrons. The van der Waals surface area contributed by atoms with Crippen LogP contribution in [0.4, 0.5) is 0 Å². The zero-order chi connectivity index (χ0) is 28.5. The van der Waals surface area contributed by atoms with E-state index in [9.17, 15) is 14.4 Å². The normalized spacial score (nSPS) is 9.86. The third-order valence-electron chi connectivity index (χ3n) is 3.99. The van der Waals surface area contributed by atoms with Crippen molar-refractivity contribution < 1.29 is 28.6 Å². The number of hydrogen-bond donors (Lipinski definition) is 1. The van der Waals surface area contributed by atoms with Crippen molar-refractivity contribution in [3.63, 3.8) is 0 Å². The summed E-state index contributed by atoms with van der Waals surface area (Å²) in [6, 6.07) is 5.28. The maximum absolute atomic E-state index is 11.1. The molecule has 0 aliphatic heterocycles. The van der Waals surface area contributed by atoms with Gasteiger partial charge in [-0.3, -0.25) is 14.5 Å². The highest BCUT2D eigenvalue weighted by Gasteiger charge is 2.13. The summed E-state index contributed by atoms with van der Waals surface area (Å²) in [6.07, 6.45) is 4.84. The number of halogens is 1. The molecular weight excluding hydrogens is 595 g/mol. The number of methoxy groups -OCH3 is 3. The number of alkyl halides is 1. The topological polar surface area (TPSA) is 143 Å². The molecule has 3 rings (SSSR count). The Morgan fingerprint density at radius 1 is 0.838 bits per heavy atom. The van der Waals surface area contributed by atoms with Crippen LogP contribution in [0.1, 0.15) is 85.1 Å². The fourth-order valence-corrected chi connectivity index (χ4v) is 2.31. The van der Waals surface area contributed by atoms with Gasteiger partial charge in [0.05, 0.1) is 21.3 Å². The number of hydrogen-bond acceptors (Lipinski definition) is 9. The Bertz CT molecular complexity index is 1060. The first-order valence-electron chi connectivity index (χ1n) is 11.4. The Hall–Kier alpha value is -3.23. The summed E-state index contributed by atoms with van der Waals surface area (Å²) in [5.74, 6) is -1.14. The van der Waals surface area contributed by atoms with Crippen LogP contribution < -0.4 is 0 Å². The van der Waals surface area contributed by atoms with E-state index in [4.69, 9.17) is 0 Å². The van der Waals surface area contributed by atoms with Crippen molar-refractivity contribution in [3.8, 4) is 0 Å². The largest absolute Gasteiger partial charge is 0.464 e. The van der Waals surface area contributed by atoms with Gasteiger partial charge in [0.25, 0.3) is 0 Å². The molecule has 0 aromatic carbocycles. The van der Waals surface area contributed by atoms with Gasteiger partial charge in [-0.05, 0) is 45.9 Å². The second-order valence-corrected chi connectivity index (χ2v) is 10.5. The molecule has 0 saturated carbocycles. The van der Waals surface area contributed by atoms with Gasteiger partial charge in [-0.25, -0.2) is 14.4 Å². The van der Waals surface area contributed by atoms with Crippen molar-refractivity contribution in [1.82, 2.24) is 29.8 Å². The molecule has 0 bridgehead atoms. The number of carbonyl (C=O) groups excluding carboxylic acids is 3. The van der Waals surface area contributed by atoms with Crippen molar-refractivity contribution in [2.75, 3.05) is 21.3 Å². The van der Waals surface area contributed by atoms with Crippen molar-refractivity contribution in [2.45, 2.75) is 57.6 Å². The summed E-state index contributed by atoms with van der Waals surface area (Å²) in [5.41, 5.74) is 1.22. The van der Waals surface area contributed by atoms with Gasteiger partial charge < -0.3 is 14.2 Å². The van der Waals surface area contributed by atoms with E-state index >= 15 is 0 Å². The lowest BCUT2D eigenvalue weighted by atomic mass is 10.3. The minimum atomic E-state index is -0.396. The molecule has 3 heterocycles. The number of aromatic amines is 1. The number of nitrogens with zero attached hydrogens (tertiary/aromatic N) is 5. The van der Waals surface area contributed by atoms with Crippen molar-refractivity contribution >= 4 is 40.5 Å². The van der Waals surface area contributed by atoms with Crippen molar-refractivity contribution in [2.24, 2.45) is 0 Å². The Labute approximate surface area is 231 Å². The lowest BCUT2D eigenvalue weighted by Crippen LogP contribution is -2.13. The SMILES string of the molecule is CC(C)I.COC(=O)c1ccn(C(C)C)n1.COC(=O)c1ccn[nH]1.COC(=O)c1ccnn1C(C)C. The average molecular weight is 632 g/mol. The first-order chi connectivity index (χ1) is 17.4. The molecule has 0 radical (unpaired) electrons. The molecule has 12 nitrogen and oxygen atoms in total. The number of aromatic nitrogens is 6. The van der Waals surface area contributed by atoms with E-state index in [-0.39, 0.29) is 18.1 Å². The molecule has 0 unspecified atom stereocenters. The smallest absolute Gasteiger partial charge is 0.358 e.